The van der Waals surface area contributed by atoms with E-state index < -0.39 is 6.03 Å². The minimum Gasteiger partial charge on any atom is -0.497 e. The van der Waals surface area contributed by atoms with E-state index in [-0.39, 0.29) is 18.4 Å². The van der Waals surface area contributed by atoms with Crippen molar-refractivity contribution in [3.8, 4) is 11.5 Å². The van der Waals surface area contributed by atoms with E-state index in [2.05, 4.69) is 21.0 Å². The first-order valence-electron chi connectivity index (χ1n) is 10.2. The van der Waals surface area contributed by atoms with Crippen LogP contribution in [0, 0.1) is 0 Å². The minimum absolute atomic E-state index is 0.0439. The van der Waals surface area contributed by atoms with Crippen LogP contribution < -0.4 is 25.4 Å². The second-order valence-electron chi connectivity index (χ2n) is 7.21. The second kappa shape index (κ2) is 10.0. The van der Waals surface area contributed by atoms with Crippen molar-refractivity contribution in [3.05, 3.63) is 35.2 Å². The lowest BCUT2D eigenvalue weighted by atomic mass is 10.0. The fourth-order valence-corrected chi connectivity index (χ4v) is 3.60. The number of carbonyl (C=O) groups is 3. The lowest BCUT2D eigenvalue weighted by Gasteiger charge is -2.26. The first-order chi connectivity index (χ1) is 15.4. The van der Waals surface area contributed by atoms with Gasteiger partial charge in [-0.3, -0.25) is 14.3 Å². The van der Waals surface area contributed by atoms with Crippen molar-refractivity contribution in [2.24, 2.45) is 0 Å². The molecular formula is C21H28N6O5. The molecule has 32 heavy (non-hydrogen) atoms. The number of nitrogens with zero attached hydrogens (tertiary/aromatic N) is 3. The topological polar surface area (TPSA) is 127 Å². The van der Waals surface area contributed by atoms with Crippen molar-refractivity contribution in [2.75, 3.05) is 39.7 Å². The number of hydrogen-bond acceptors (Lipinski definition) is 6. The van der Waals surface area contributed by atoms with Crippen molar-refractivity contribution in [3.63, 3.8) is 0 Å². The van der Waals surface area contributed by atoms with Gasteiger partial charge in [0, 0.05) is 57.4 Å². The first kappa shape index (κ1) is 22.9. The predicted molar refractivity (Wildman–Crippen MR) is 117 cm³/mol. The number of aromatic nitrogens is 2. The molecule has 0 fully saturated rings. The van der Waals surface area contributed by atoms with Crippen LogP contribution in [0.2, 0.25) is 0 Å². The first-order valence-corrected chi connectivity index (χ1v) is 10.2. The molecule has 0 spiro atoms. The Labute approximate surface area is 186 Å². The smallest absolute Gasteiger partial charge is 0.319 e. The van der Waals surface area contributed by atoms with Crippen LogP contribution in [0.1, 0.15) is 28.7 Å². The maximum Gasteiger partial charge on any atom is 0.319 e. The maximum absolute atomic E-state index is 12.4. The van der Waals surface area contributed by atoms with Gasteiger partial charge in [0.1, 0.15) is 11.5 Å². The lowest BCUT2D eigenvalue weighted by Crippen LogP contribution is -2.36. The molecule has 11 heteroatoms. The van der Waals surface area contributed by atoms with E-state index in [1.54, 1.807) is 34.9 Å². The van der Waals surface area contributed by atoms with Gasteiger partial charge in [0.2, 0.25) is 5.91 Å². The van der Waals surface area contributed by atoms with Crippen LogP contribution in [-0.2, 0) is 24.3 Å². The molecular weight excluding hydrogens is 416 g/mol. The number of hydrogen-bond donors (Lipinski definition) is 3. The molecule has 172 valence electrons. The predicted octanol–water partition coefficient (Wildman–Crippen LogP) is 0.986. The fraction of sp³-hybridized carbons (Fsp3) is 0.429. The van der Waals surface area contributed by atoms with Gasteiger partial charge in [-0.15, -0.1) is 0 Å². The van der Waals surface area contributed by atoms with Crippen LogP contribution in [-0.4, -0.2) is 66.9 Å². The van der Waals surface area contributed by atoms with Crippen LogP contribution in [0.25, 0.3) is 0 Å². The molecule has 2 aromatic rings. The molecule has 4 amide bonds. The van der Waals surface area contributed by atoms with E-state index in [1.807, 2.05) is 0 Å². The number of urea groups is 1. The average molecular weight is 444 g/mol. The summed E-state index contributed by atoms with van der Waals surface area (Å²) in [6.07, 6.45) is 0.589. The zero-order valence-corrected chi connectivity index (χ0v) is 18.7. The van der Waals surface area contributed by atoms with Crippen molar-refractivity contribution in [1.82, 2.24) is 25.3 Å². The van der Waals surface area contributed by atoms with Crippen LogP contribution in [0.15, 0.2) is 18.2 Å². The number of fused-ring (bicyclic) bond motifs is 1. The third kappa shape index (κ3) is 4.93. The van der Waals surface area contributed by atoms with Gasteiger partial charge < -0.3 is 30.3 Å². The quantitative estimate of drug-likeness (QED) is 0.585. The van der Waals surface area contributed by atoms with Gasteiger partial charge in [-0.05, 0) is 12.1 Å². The fourth-order valence-electron chi connectivity index (χ4n) is 3.60. The average Bonchev–Trinajstić information content (AvgIpc) is 3.16. The zero-order chi connectivity index (χ0) is 23.3. The Kier molecular flexibility index (Phi) is 7.18. The molecule has 1 aliphatic rings. The minimum atomic E-state index is -0.410. The largest absolute Gasteiger partial charge is 0.497 e. The summed E-state index contributed by atoms with van der Waals surface area (Å²) in [5.41, 5.74) is 2.43. The van der Waals surface area contributed by atoms with E-state index in [4.69, 9.17) is 9.47 Å². The summed E-state index contributed by atoms with van der Waals surface area (Å²) >= 11 is 0. The summed E-state index contributed by atoms with van der Waals surface area (Å²) in [5, 5.41) is 12.6. The third-order valence-corrected chi connectivity index (χ3v) is 5.29. The van der Waals surface area contributed by atoms with Crippen molar-refractivity contribution >= 4 is 23.5 Å². The van der Waals surface area contributed by atoms with Gasteiger partial charge in [-0.2, -0.15) is 5.10 Å². The Hall–Kier alpha value is -3.76. The van der Waals surface area contributed by atoms with Crippen LogP contribution in [0.4, 0.5) is 10.5 Å². The number of benzene rings is 1. The number of carbonyl (C=O) groups excluding carboxylic acids is 3. The van der Waals surface area contributed by atoms with Gasteiger partial charge in [-0.25, -0.2) is 4.79 Å². The monoisotopic (exact) mass is 444 g/mol. The summed E-state index contributed by atoms with van der Waals surface area (Å²) in [7, 11) is 4.60. The molecule has 0 saturated carbocycles. The summed E-state index contributed by atoms with van der Waals surface area (Å²) < 4.78 is 12.2. The molecule has 3 rings (SSSR count). The van der Waals surface area contributed by atoms with E-state index in [0.29, 0.717) is 48.9 Å². The SMILES string of the molecule is CNC(=O)c1nn(CCNC(=O)Nc2cc(OC)ccc2OC)c2c1CN(C(C)=O)CC2. The molecule has 2 heterocycles. The normalized spacial score (nSPS) is 12.6. The van der Waals surface area contributed by atoms with E-state index >= 15 is 0 Å². The maximum atomic E-state index is 12.4. The highest BCUT2D eigenvalue weighted by Crippen LogP contribution is 2.28. The molecule has 0 unspecified atom stereocenters. The number of rotatable bonds is 7. The Morgan fingerprint density at radius 1 is 1.19 bits per heavy atom. The number of amides is 4. The molecule has 11 nitrogen and oxygen atoms in total. The standard InChI is InChI=1S/C21H28N6O5/c1-13(28)26-9-7-17-15(12-26)19(20(29)22-2)25-27(17)10-8-23-21(30)24-16-11-14(31-3)5-6-18(16)32-4/h5-6,11H,7-10,12H2,1-4H3,(H,22,29)(H2,23,24,30). The molecule has 3 N–H and O–H groups in total. The van der Waals surface area contributed by atoms with Crippen LogP contribution in [0.5, 0.6) is 11.5 Å². The van der Waals surface area contributed by atoms with Crippen molar-refractivity contribution in [2.45, 2.75) is 26.4 Å². The molecule has 1 aromatic carbocycles. The van der Waals surface area contributed by atoms with Gasteiger partial charge in [-0.1, -0.05) is 0 Å². The van der Waals surface area contributed by atoms with Crippen molar-refractivity contribution < 1.29 is 23.9 Å². The summed E-state index contributed by atoms with van der Waals surface area (Å²) in [6, 6.07) is 4.69. The number of methoxy groups -OCH3 is 2. The number of anilines is 1. The Morgan fingerprint density at radius 3 is 2.62 bits per heavy atom. The van der Waals surface area contributed by atoms with Gasteiger partial charge >= 0.3 is 6.03 Å². The molecule has 0 aliphatic carbocycles. The number of nitrogens with one attached hydrogen (secondary N) is 3. The number of ether oxygens (including phenoxy) is 2. The molecule has 0 radical (unpaired) electrons. The highest BCUT2D eigenvalue weighted by molar-refractivity contribution is 5.94. The van der Waals surface area contributed by atoms with E-state index in [0.717, 1.165) is 11.3 Å². The van der Waals surface area contributed by atoms with Gasteiger partial charge in [0.15, 0.2) is 5.69 Å². The Balaban J connectivity index is 1.67. The van der Waals surface area contributed by atoms with Crippen molar-refractivity contribution in [1.29, 1.82) is 0 Å². The third-order valence-electron chi connectivity index (χ3n) is 5.29. The lowest BCUT2D eigenvalue weighted by molar-refractivity contribution is -0.129. The summed E-state index contributed by atoms with van der Waals surface area (Å²) in [4.78, 5) is 38.1. The molecule has 0 saturated heterocycles. The van der Waals surface area contributed by atoms with E-state index in [9.17, 15) is 14.4 Å². The highest BCUT2D eigenvalue weighted by atomic mass is 16.5. The van der Waals surface area contributed by atoms with E-state index in [1.165, 1.54) is 21.1 Å². The highest BCUT2D eigenvalue weighted by Gasteiger charge is 2.28. The second-order valence-corrected chi connectivity index (χ2v) is 7.21. The van der Waals surface area contributed by atoms with Crippen LogP contribution >= 0.6 is 0 Å². The summed E-state index contributed by atoms with van der Waals surface area (Å²) in [6.45, 7) is 3.08. The molecule has 1 aromatic heterocycles. The van der Waals surface area contributed by atoms with Gasteiger partial charge in [0.25, 0.3) is 5.91 Å². The Bertz CT molecular complexity index is 1020. The molecule has 1 aliphatic heterocycles. The Morgan fingerprint density at radius 2 is 1.97 bits per heavy atom. The molecule has 0 bridgehead atoms. The zero-order valence-electron chi connectivity index (χ0n) is 18.7. The summed E-state index contributed by atoms with van der Waals surface area (Å²) in [5.74, 6) is 0.747. The van der Waals surface area contributed by atoms with Gasteiger partial charge in [0.05, 0.1) is 26.5 Å². The molecule has 0 atom stereocenters. The van der Waals surface area contributed by atoms with Crippen LogP contribution in [0.3, 0.4) is 0 Å².